The molecule has 1 aliphatic heterocycles. The average Bonchev–Trinajstić information content (AvgIpc) is 2.66. The van der Waals surface area contributed by atoms with Gasteiger partial charge in [-0.05, 0) is 37.1 Å². The molecule has 1 saturated heterocycles. The van der Waals surface area contributed by atoms with Gasteiger partial charge in [-0.25, -0.2) is 0 Å². The van der Waals surface area contributed by atoms with E-state index < -0.39 is 0 Å². The van der Waals surface area contributed by atoms with Crippen molar-refractivity contribution in [2.45, 2.75) is 18.9 Å². The average molecular weight is 269 g/mol. The molecule has 2 N–H and O–H groups in total. The molecule has 0 radical (unpaired) electrons. The fourth-order valence-electron chi connectivity index (χ4n) is 2.35. The third-order valence-electron chi connectivity index (χ3n) is 3.01. The number of nitrogens with zero attached hydrogens (tertiary/aromatic N) is 1. The van der Waals surface area contributed by atoms with Gasteiger partial charge in [0.15, 0.2) is 0 Å². The van der Waals surface area contributed by atoms with E-state index in [-0.39, 0.29) is 0 Å². The molecule has 15 heavy (non-hydrogen) atoms. The van der Waals surface area contributed by atoms with E-state index in [1.807, 2.05) is 0 Å². The molecule has 1 fully saturated rings. The molecule has 0 amide bonds. The van der Waals surface area contributed by atoms with Crippen LogP contribution in [0.25, 0.3) is 0 Å². The summed E-state index contributed by atoms with van der Waals surface area (Å²) in [6, 6.07) is 9.19. The Morgan fingerprint density at radius 1 is 1.47 bits per heavy atom. The van der Waals surface area contributed by atoms with E-state index >= 15 is 0 Å². The van der Waals surface area contributed by atoms with Crippen molar-refractivity contribution in [2.24, 2.45) is 5.73 Å². The smallest absolute Gasteiger partial charge is 0.0349 e. The molecule has 1 unspecified atom stereocenters. The van der Waals surface area contributed by atoms with Crippen LogP contribution in [0, 0.1) is 0 Å². The van der Waals surface area contributed by atoms with Gasteiger partial charge < -0.3 is 5.73 Å². The summed E-state index contributed by atoms with van der Waals surface area (Å²) in [4.78, 5) is 2.49. The highest BCUT2D eigenvalue weighted by molar-refractivity contribution is 9.10. The van der Waals surface area contributed by atoms with Gasteiger partial charge in [0.05, 0.1) is 0 Å². The Morgan fingerprint density at radius 2 is 2.33 bits per heavy atom. The van der Waals surface area contributed by atoms with Crippen LogP contribution in [0.15, 0.2) is 28.7 Å². The van der Waals surface area contributed by atoms with Gasteiger partial charge in [0.25, 0.3) is 0 Å². The van der Waals surface area contributed by atoms with Crippen LogP contribution < -0.4 is 5.73 Å². The van der Waals surface area contributed by atoms with Crippen LogP contribution >= 0.6 is 15.9 Å². The summed E-state index contributed by atoms with van der Waals surface area (Å²) in [5, 5.41) is 0. The van der Waals surface area contributed by atoms with Crippen molar-refractivity contribution < 1.29 is 0 Å². The standard InChI is InChI=1S/C12H17BrN2/c13-11-4-1-3-10(9-11)12-5-2-7-15(12)8-6-14/h1,3-4,9,12H,2,5-8,14H2. The Labute approximate surface area is 99.6 Å². The van der Waals surface area contributed by atoms with Gasteiger partial charge >= 0.3 is 0 Å². The molecule has 0 spiro atoms. The number of rotatable bonds is 3. The minimum absolute atomic E-state index is 0.575. The zero-order valence-electron chi connectivity index (χ0n) is 8.82. The second-order valence-corrected chi connectivity index (χ2v) is 4.95. The molecule has 1 aromatic rings. The molecule has 2 rings (SSSR count). The van der Waals surface area contributed by atoms with E-state index in [1.165, 1.54) is 29.4 Å². The second kappa shape index (κ2) is 5.10. The summed E-state index contributed by atoms with van der Waals surface area (Å²) in [5.41, 5.74) is 7.04. The molecule has 1 aromatic carbocycles. The zero-order chi connectivity index (χ0) is 10.7. The summed E-state index contributed by atoms with van der Waals surface area (Å²) < 4.78 is 1.17. The van der Waals surface area contributed by atoms with E-state index in [0.717, 1.165) is 13.1 Å². The van der Waals surface area contributed by atoms with Crippen LogP contribution in [0.4, 0.5) is 0 Å². The predicted octanol–water partition coefficient (Wildman–Crippen LogP) is 2.54. The molecule has 0 aliphatic carbocycles. The highest BCUT2D eigenvalue weighted by Crippen LogP contribution is 2.32. The van der Waals surface area contributed by atoms with Gasteiger partial charge in [-0.3, -0.25) is 4.90 Å². The van der Waals surface area contributed by atoms with Crippen molar-refractivity contribution >= 4 is 15.9 Å². The topological polar surface area (TPSA) is 29.3 Å². The molecule has 0 aromatic heterocycles. The van der Waals surface area contributed by atoms with Gasteiger partial charge in [-0.15, -0.1) is 0 Å². The van der Waals surface area contributed by atoms with Crippen LogP contribution in [0.2, 0.25) is 0 Å². The Kier molecular flexibility index (Phi) is 3.78. The van der Waals surface area contributed by atoms with Gasteiger partial charge in [-0.1, -0.05) is 28.1 Å². The van der Waals surface area contributed by atoms with E-state index in [1.54, 1.807) is 0 Å². The first kappa shape index (κ1) is 11.1. The molecule has 3 heteroatoms. The fourth-order valence-corrected chi connectivity index (χ4v) is 2.77. The van der Waals surface area contributed by atoms with Gasteiger partial charge in [-0.2, -0.15) is 0 Å². The fraction of sp³-hybridized carbons (Fsp3) is 0.500. The van der Waals surface area contributed by atoms with E-state index in [9.17, 15) is 0 Å². The molecule has 1 heterocycles. The molecule has 0 bridgehead atoms. The Morgan fingerprint density at radius 3 is 3.07 bits per heavy atom. The zero-order valence-corrected chi connectivity index (χ0v) is 10.4. The van der Waals surface area contributed by atoms with Crippen molar-refractivity contribution in [3.8, 4) is 0 Å². The van der Waals surface area contributed by atoms with Crippen LogP contribution in [0.3, 0.4) is 0 Å². The Bertz CT molecular complexity index is 327. The second-order valence-electron chi connectivity index (χ2n) is 4.04. The maximum absolute atomic E-state index is 5.63. The lowest BCUT2D eigenvalue weighted by molar-refractivity contribution is 0.264. The first-order chi connectivity index (χ1) is 7.31. The minimum Gasteiger partial charge on any atom is -0.329 e. The van der Waals surface area contributed by atoms with Crippen LogP contribution in [0.5, 0.6) is 0 Å². The summed E-state index contributed by atoms with van der Waals surface area (Å²) in [6.45, 7) is 2.95. The minimum atomic E-state index is 0.575. The quantitative estimate of drug-likeness (QED) is 0.913. The number of benzene rings is 1. The largest absolute Gasteiger partial charge is 0.329 e. The summed E-state index contributed by atoms with van der Waals surface area (Å²) in [6.07, 6.45) is 2.55. The SMILES string of the molecule is NCCN1CCCC1c1cccc(Br)c1. The van der Waals surface area contributed by atoms with E-state index in [0.29, 0.717) is 6.04 Å². The van der Waals surface area contributed by atoms with E-state index in [2.05, 4.69) is 45.1 Å². The lowest BCUT2D eigenvalue weighted by Crippen LogP contribution is -2.29. The lowest BCUT2D eigenvalue weighted by Gasteiger charge is -2.24. The maximum atomic E-state index is 5.63. The highest BCUT2D eigenvalue weighted by atomic mass is 79.9. The third-order valence-corrected chi connectivity index (χ3v) is 3.51. The van der Waals surface area contributed by atoms with Gasteiger partial charge in [0, 0.05) is 23.6 Å². The molecule has 0 saturated carbocycles. The number of halogens is 1. The first-order valence-corrected chi connectivity index (χ1v) is 6.30. The van der Waals surface area contributed by atoms with Crippen molar-refractivity contribution in [3.05, 3.63) is 34.3 Å². The first-order valence-electron chi connectivity index (χ1n) is 5.51. The molecule has 2 nitrogen and oxygen atoms in total. The molecular weight excluding hydrogens is 252 g/mol. The number of likely N-dealkylation sites (tertiary alicyclic amines) is 1. The molecular formula is C12H17BrN2. The lowest BCUT2D eigenvalue weighted by atomic mass is 10.0. The van der Waals surface area contributed by atoms with Crippen molar-refractivity contribution in [1.29, 1.82) is 0 Å². The monoisotopic (exact) mass is 268 g/mol. The molecule has 1 atom stereocenters. The van der Waals surface area contributed by atoms with Crippen molar-refractivity contribution in [3.63, 3.8) is 0 Å². The Hall–Kier alpha value is -0.380. The summed E-state index contributed by atoms with van der Waals surface area (Å²) in [5.74, 6) is 0. The maximum Gasteiger partial charge on any atom is 0.0349 e. The van der Waals surface area contributed by atoms with Crippen LogP contribution in [-0.2, 0) is 0 Å². The Balaban J connectivity index is 2.15. The number of hydrogen-bond acceptors (Lipinski definition) is 2. The summed E-state index contributed by atoms with van der Waals surface area (Å²) in [7, 11) is 0. The van der Waals surface area contributed by atoms with Crippen molar-refractivity contribution in [1.82, 2.24) is 4.90 Å². The third kappa shape index (κ3) is 2.60. The number of nitrogens with two attached hydrogens (primary N) is 1. The number of hydrogen-bond donors (Lipinski definition) is 1. The van der Waals surface area contributed by atoms with Crippen LogP contribution in [-0.4, -0.2) is 24.5 Å². The van der Waals surface area contributed by atoms with Crippen LogP contribution in [0.1, 0.15) is 24.4 Å². The van der Waals surface area contributed by atoms with Crippen molar-refractivity contribution in [2.75, 3.05) is 19.6 Å². The normalized spacial score (nSPS) is 22.1. The van der Waals surface area contributed by atoms with Gasteiger partial charge in [0.2, 0.25) is 0 Å². The summed E-state index contributed by atoms with van der Waals surface area (Å²) >= 11 is 3.52. The molecule has 82 valence electrons. The highest BCUT2D eigenvalue weighted by Gasteiger charge is 2.24. The van der Waals surface area contributed by atoms with E-state index in [4.69, 9.17) is 5.73 Å². The molecule has 1 aliphatic rings. The predicted molar refractivity (Wildman–Crippen MR) is 66.7 cm³/mol. The van der Waals surface area contributed by atoms with Gasteiger partial charge in [0.1, 0.15) is 0 Å².